The monoisotopic (exact) mass is 364 g/mol. The zero-order valence-electron chi connectivity index (χ0n) is 16.9. The van der Waals surface area contributed by atoms with E-state index in [1.165, 1.54) is 0 Å². The van der Waals surface area contributed by atoms with E-state index in [-0.39, 0.29) is 16.9 Å². The smallest absolute Gasteiger partial charge is 0.407 e. The highest BCUT2D eigenvalue weighted by Gasteiger charge is 2.49. The van der Waals surface area contributed by atoms with Gasteiger partial charge in [-0.1, -0.05) is 27.7 Å². The molecule has 3 atom stereocenters. The van der Waals surface area contributed by atoms with Crippen molar-refractivity contribution >= 4 is 6.09 Å². The molecular weight excluding hydrogens is 328 g/mol. The Hall–Kier alpha value is -1.25. The van der Waals surface area contributed by atoms with Gasteiger partial charge in [-0.2, -0.15) is 0 Å². The maximum Gasteiger partial charge on any atom is 0.407 e. The highest BCUT2D eigenvalue weighted by Crippen LogP contribution is 2.52. The lowest BCUT2D eigenvalue weighted by molar-refractivity contribution is 0.0179. The van der Waals surface area contributed by atoms with Crippen LogP contribution in [0.3, 0.4) is 0 Å². The van der Waals surface area contributed by atoms with Crippen LogP contribution in [0.5, 0.6) is 0 Å². The average Bonchev–Trinajstić information content (AvgIpc) is 3.20. The van der Waals surface area contributed by atoms with Crippen molar-refractivity contribution in [3.63, 3.8) is 0 Å². The molecule has 5 heteroatoms. The lowest BCUT2D eigenvalue weighted by Gasteiger charge is -2.28. The molecule has 1 fully saturated rings. The second-order valence-corrected chi connectivity index (χ2v) is 9.40. The van der Waals surface area contributed by atoms with Crippen LogP contribution in [-0.2, 0) is 9.47 Å². The van der Waals surface area contributed by atoms with Crippen molar-refractivity contribution < 1.29 is 14.3 Å². The second-order valence-electron chi connectivity index (χ2n) is 9.40. The molecule has 0 saturated heterocycles. The predicted molar refractivity (Wildman–Crippen MR) is 104 cm³/mol. The standard InChI is InChI=1S/C21H36N2O3/c1-20(2,12-22)14-25-15-21(3,4)13-23-19(24)26-11-18-16-9-7-5-6-8-10-17(16)18/h16-18H,7-15,22H2,1-4H3,(H,23,24)/t16-,17+,18?. The molecule has 3 N–H and O–H groups in total. The number of carbonyl (C=O) groups is 1. The highest BCUT2D eigenvalue weighted by atomic mass is 16.5. The summed E-state index contributed by atoms with van der Waals surface area (Å²) in [5, 5.41) is 2.88. The maximum atomic E-state index is 12.0. The zero-order valence-corrected chi connectivity index (χ0v) is 16.9. The van der Waals surface area contributed by atoms with E-state index in [1.807, 2.05) is 0 Å². The van der Waals surface area contributed by atoms with Crippen LogP contribution in [0.1, 0.15) is 53.4 Å². The van der Waals surface area contributed by atoms with Gasteiger partial charge in [-0.05, 0) is 37.1 Å². The minimum atomic E-state index is -0.323. The molecule has 1 saturated carbocycles. The van der Waals surface area contributed by atoms with Crippen molar-refractivity contribution in [1.29, 1.82) is 0 Å². The Morgan fingerprint density at radius 2 is 1.65 bits per heavy atom. The van der Waals surface area contributed by atoms with Gasteiger partial charge >= 0.3 is 6.09 Å². The first kappa shape index (κ1) is 21.1. The van der Waals surface area contributed by atoms with Gasteiger partial charge in [0, 0.05) is 30.2 Å². The van der Waals surface area contributed by atoms with Crippen LogP contribution in [-0.4, -0.2) is 39.0 Å². The van der Waals surface area contributed by atoms with Gasteiger partial charge in [0.25, 0.3) is 0 Å². The largest absolute Gasteiger partial charge is 0.449 e. The third kappa shape index (κ3) is 6.81. The minimum Gasteiger partial charge on any atom is -0.449 e. The van der Waals surface area contributed by atoms with Gasteiger partial charge < -0.3 is 20.5 Å². The molecule has 0 bridgehead atoms. The molecule has 2 aliphatic rings. The van der Waals surface area contributed by atoms with E-state index >= 15 is 0 Å². The number of hydrogen-bond acceptors (Lipinski definition) is 4. The summed E-state index contributed by atoms with van der Waals surface area (Å²) >= 11 is 0. The molecule has 0 aromatic heterocycles. The lowest BCUT2D eigenvalue weighted by Crippen LogP contribution is -2.38. The Kier molecular flexibility index (Phi) is 7.37. The van der Waals surface area contributed by atoms with Crippen LogP contribution >= 0.6 is 0 Å². The number of amides is 1. The van der Waals surface area contributed by atoms with Crippen LogP contribution in [0.4, 0.5) is 4.79 Å². The van der Waals surface area contributed by atoms with Crippen molar-refractivity contribution in [2.24, 2.45) is 34.3 Å². The third-order valence-electron chi connectivity index (χ3n) is 5.50. The Morgan fingerprint density at radius 1 is 1.08 bits per heavy atom. The molecular formula is C21H36N2O3. The molecule has 0 spiro atoms. The van der Waals surface area contributed by atoms with E-state index in [9.17, 15) is 4.79 Å². The minimum absolute atomic E-state index is 0.0215. The number of alkyl carbamates (subject to hydrolysis) is 1. The number of fused-ring (bicyclic) bond motifs is 1. The molecule has 1 unspecified atom stereocenters. The Labute approximate surface area is 158 Å². The summed E-state index contributed by atoms with van der Waals surface area (Å²) in [5.74, 6) is 8.34. The lowest BCUT2D eigenvalue weighted by atomic mass is 9.93. The Balaban J connectivity index is 1.61. The molecule has 148 valence electrons. The van der Waals surface area contributed by atoms with Gasteiger partial charge in [-0.25, -0.2) is 4.79 Å². The number of nitrogens with one attached hydrogen (secondary N) is 1. The molecule has 0 aromatic rings. The van der Waals surface area contributed by atoms with Crippen molar-refractivity contribution in [3.8, 4) is 11.8 Å². The molecule has 0 radical (unpaired) electrons. The summed E-state index contributed by atoms with van der Waals surface area (Å²) in [4.78, 5) is 12.0. The fraction of sp³-hybridized carbons (Fsp3) is 0.857. The average molecular weight is 365 g/mol. The third-order valence-corrected chi connectivity index (χ3v) is 5.50. The summed E-state index contributed by atoms with van der Waals surface area (Å²) in [7, 11) is 0. The first-order chi connectivity index (χ1) is 12.2. The van der Waals surface area contributed by atoms with Gasteiger partial charge in [-0.15, -0.1) is 11.8 Å². The number of nitrogens with two attached hydrogens (primary N) is 1. The molecule has 5 nitrogen and oxygen atoms in total. The van der Waals surface area contributed by atoms with Gasteiger partial charge in [-0.3, -0.25) is 0 Å². The Morgan fingerprint density at radius 3 is 2.23 bits per heavy atom. The molecule has 0 aromatic carbocycles. The van der Waals surface area contributed by atoms with Crippen LogP contribution in [0.15, 0.2) is 0 Å². The molecule has 2 aliphatic carbocycles. The van der Waals surface area contributed by atoms with Crippen LogP contribution in [0, 0.1) is 40.4 Å². The first-order valence-corrected chi connectivity index (χ1v) is 9.88. The normalized spacial score (nSPS) is 25.2. The van der Waals surface area contributed by atoms with Gasteiger partial charge in [0.05, 0.1) is 19.8 Å². The number of carbonyl (C=O) groups excluding carboxylic acids is 1. The van der Waals surface area contributed by atoms with Crippen LogP contribution in [0.25, 0.3) is 0 Å². The van der Waals surface area contributed by atoms with Crippen molar-refractivity contribution in [2.75, 3.05) is 32.9 Å². The van der Waals surface area contributed by atoms with Gasteiger partial charge in [0.1, 0.15) is 0 Å². The van der Waals surface area contributed by atoms with E-state index in [1.54, 1.807) is 0 Å². The molecule has 1 amide bonds. The molecule has 2 rings (SSSR count). The SMILES string of the molecule is CC(C)(CN)COCC(C)(C)CNC(=O)OCC1[C@H]2CCC#CCC[C@@H]12. The highest BCUT2D eigenvalue weighted by molar-refractivity contribution is 5.67. The number of rotatable bonds is 9. The van der Waals surface area contributed by atoms with E-state index in [0.717, 1.165) is 25.7 Å². The molecule has 0 aliphatic heterocycles. The van der Waals surface area contributed by atoms with Crippen molar-refractivity contribution in [2.45, 2.75) is 53.4 Å². The summed E-state index contributed by atoms with van der Waals surface area (Å²) < 4.78 is 11.3. The first-order valence-electron chi connectivity index (χ1n) is 9.88. The van der Waals surface area contributed by atoms with Crippen molar-refractivity contribution in [1.82, 2.24) is 5.32 Å². The second kappa shape index (κ2) is 9.10. The number of ether oxygens (including phenoxy) is 2. The predicted octanol–water partition coefficient (Wildman–Crippen LogP) is 3.18. The maximum absolute atomic E-state index is 12.0. The zero-order chi connectivity index (χ0) is 19.2. The van der Waals surface area contributed by atoms with E-state index < -0.39 is 0 Å². The fourth-order valence-electron chi connectivity index (χ4n) is 3.53. The number of hydrogen-bond donors (Lipinski definition) is 2. The van der Waals surface area contributed by atoms with E-state index in [0.29, 0.717) is 50.7 Å². The summed E-state index contributed by atoms with van der Waals surface area (Å²) in [6.45, 7) is 11.2. The van der Waals surface area contributed by atoms with Crippen LogP contribution < -0.4 is 11.1 Å². The van der Waals surface area contributed by atoms with Crippen LogP contribution in [0.2, 0.25) is 0 Å². The quantitative estimate of drug-likeness (QED) is 0.616. The topological polar surface area (TPSA) is 73.6 Å². The molecule has 0 heterocycles. The van der Waals surface area contributed by atoms with Crippen molar-refractivity contribution in [3.05, 3.63) is 0 Å². The summed E-state index contributed by atoms with van der Waals surface area (Å²) in [6.07, 6.45) is 3.95. The fourth-order valence-corrected chi connectivity index (χ4v) is 3.53. The summed E-state index contributed by atoms with van der Waals surface area (Å²) in [6, 6.07) is 0. The van der Waals surface area contributed by atoms with Gasteiger partial charge in [0.15, 0.2) is 0 Å². The molecule has 26 heavy (non-hydrogen) atoms. The summed E-state index contributed by atoms with van der Waals surface area (Å²) in [5.41, 5.74) is 5.55. The van der Waals surface area contributed by atoms with E-state index in [2.05, 4.69) is 44.9 Å². The Bertz CT molecular complexity index is 515. The van der Waals surface area contributed by atoms with Gasteiger partial charge in [0.2, 0.25) is 0 Å². The van der Waals surface area contributed by atoms with E-state index in [4.69, 9.17) is 15.2 Å².